The summed E-state index contributed by atoms with van der Waals surface area (Å²) >= 11 is 0. The maximum atomic E-state index is 10.5. The molecular formula is C7H9N3O4. The number of aldehydes is 1. The summed E-state index contributed by atoms with van der Waals surface area (Å²) in [5, 5.41) is 10.5. The standard InChI is InChI=1S/C7H9N3O4/c1-9-6(4-14-2)5(3-11)8-7(9)10(12)13/h3H,4H2,1-2H3. The number of imidazole rings is 1. The largest absolute Gasteiger partial charge is 0.435 e. The second-order valence-corrected chi connectivity index (χ2v) is 2.61. The zero-order valence-electron chi connectivity index (χ0n) is 7.76. The van der Waals surface area contributed by atoms with Crippen molar-refractivity contribution in [2.24, 2.45) is 7.05 Å². The molecule has 0 saturated carbocycles. The highest BCUT2D eigenvalue weighted by Gasteiger charge is 2.23. The highest BCUT2D eigenvalue weighted by Crippen LogP contribution is 2.15. The molecule has 0 aromatic carbocycles. The molecule has 0 spiro atoms. The van der Waals surface area contributed by atoms with Crippen LogP contribution in [0.15, 0.2) is 0 Å². The lowest BCUT2D eigenvalue weighted by Crippen LogP contribution is -2.03. The number of hydrogen-bond acceptors (Lipinski definition) is 5. The molecule has 0 aliphatic rings. The second-order valence-electron chi connectivity index (χ2n) is 2.61. The summed E-state index contributed by atoms with van der Waals surface area (Å²) in [5.74, 6) is -0.362. The van der Waals surface area contributed by atoms with Crippen LogP contribution in [0.2, 0.25) is 0 Å². The van der Waals surface area contributed by atoms with Crippen molar-refractivity contribution in [3.05, 3.63) is 21.5 Å². The molecule has 0 fully saturated rings. The lowest BCUT2D eigenvalue weighted by Gasteiger charge is -1.97. The van der Waals surface area contributed by atoms with Crippen LogP contribution in [0.25, 0.3) is 0 Å². The first kappa shape index (κ1) is 10.3. The zero-order valence-corrected chi connectivity index (χ0v) is 7.76. The minimum Gasteiger partial charge on any atom is -0.390 e. The van der Waals surface area contributed by atoms with Gasteiger partial charge in [-0.25, -0.2) is 4.57 Å². The van der Waals surface area contributed by atoms with Gasteiger partial charge < -0.3 is 14.9 Å². The first-order chi connectivity index (χ1) is 6.61. The molecule has 1 aromatic rings. The predicted molar refractivity (Wildman–Crippen MR) is 46.0 cm³/mol. The average Bonchev–Trinajstić information content (AvgIpc) is 2.45. The van der Waals surface area contributed by atoms with Crippen LogP contribution in [0.3, 0.4) is 0 Å². The number of carbonyl (C=O) groups excluding carboxylic acids is 1. The van der Waals surface area contributed by atoms with Crippen LogP contribution in [-0.2, 0) is 18.4 Å². The molecule has 0 aliphatic heterocycles. The van der Waals surface area contributed by atoms with Crippen LogP contribution in [0.1, 0.15) is 16.2 Å². The first-order valence-corrected chi connectivity index (χ1v) is 3.76. The van der Waals surface area contributed by atoms with E-state index in [1.54, 1.807) is 0 Å². The summed E-state index contributed by atoms with van der Waals surface area (Å²) in [4.78, 5) is 23.9. The monoisotopic (exact) mass is 199 g/mol. The second kappa shape index (κ2) is 3.97. The van der Waals surface area contributed by atoms with Crippen LogP contribution in [0.5, 0.6) is 0 Å². The maximum Gasteiger partial charge on any atom is 0.435 e. The van der Waals surface area contributed by atoms with Crippen molar-refractivity contribution in [2.75, 3.05) is 7.11 Å². The van der Waals surface area contributed by atoms with E-state index in [0.29, 0.717) is 12.0 Å². The molecule has 1 aromatic heterocycles. The van der Waals surface area contributed by atoms with Gasteiger partial charge >= 0.3 is 5.95 Å². The highest BCUT2D eigenvalue weighted by atomic mass is 16.6. The van der Waals surface area contributed by atoms with Gasteiger partial charge in [0.2, 0.25) is 5.69 Å². The van der Waals surface area contributed by atoms with Crippen molar-refractivity contribution in [2.45, 2.75) is 6.61 Å². The molecule has 1 rings (SSSR count). The van der Waals surface area contributed by atoms with Crippen LogP contribution >= 0.6 is 0 Å². The Hall–Kier alpha value is -1.76. The molecule has 7 nitrogen and oxygen atoms in total. The minimum absolute atomic E-state index is 0.0426. The van der Waals surface area contributed by atoms with Crippen LogP contribution in [0, 0.1) is 10.1 Å². The van der Waals surface area contributed by atoms with Gasteiger partial charge in [-0.1, -0.05) is 4.98 Å². The third-order valence-electron chi connectivity index (χ3n) is 1.78. The number of hydrogen-bond donors (Lipinski definition) is 0. The molecule has 0 saturated heterocycles. The SMILES string of the molecule is COCc1c(C=O)nc([N+](=O)[O-])n1C. The number of nitrogens with zero attached hydrogens (tertiary/aromatic N) is 3. The molecule has 0 bridgehead atoms. The molecule has 0 aliphatic carbocycles. The quantitative estimate of drug-likeness (QED) is 0.395. The molecule has 14 heavy (non-hydrogen) atoms. The van der Waals surface area contributed by atoms with Crippen LogP contribution < -0.4 is 0 Å². The molecule has 0 unspecified atom stereocenters. The maximum absolute atomic E-state index is 10.5. The van der Waals surface area contributed by atoms with Gasteiger partial charge in [0.1, 0.15) is 6.61 Å². The summed E-state index contributed by atoms with van der Waals surface area (Å²) in [7, 11) is 2.90. The van der Waals surface area contributed by atoms with Gasteiger partial charge in [0.15, 0.2) is 12.0 Å². The summed E-state index contributed by atoms with van der Waals surface area (Å²) in [6.45, 7) is 0.116. The smallest absolute Gasteiger partial charge is 0.390 e. The van der Waals surface area contributed by atoms with E-state index in [9.17, 15) is 14.9 Å². The lowest BCUT2D eigenvalue weighted by atomic mass is 10.3. The van der Waals surface area contributed by atoms with Gasteiger partial charge in [-0.15, -0.1) is 0 Å². The van der Waals surface area contributed by atoms with Crippen LogP contribution in [0.4, 0.5) is 5.95 Å². The Morgan fingerprint density at radius 2 is 2.36 bits per heavy atom. The zero-order chi connectivity index (χ0) is 10.7. The van der Waals surface area contributed by atoms with Gasteiger partial charge in [0, 0.05) is 7.11 Å². The molecular weight excluding hydrogens is 190 g/mol. The molecule has 0 atom stereocenters. The fourth-order valence-corrected chi connectivity index (χ4v) is 1.10. The third-order valence-corrected chi connectivity index (χ3v) is 1.78. The summed E-state index contributed by atoms with van der Waals surface area (Å²) in [6, 6.07) is 0. The van der Waals surface area contributed by atoms with Crippen molar-refractivity contribution in [1.82, 2.24) is 9.55 Å². The van der Waals surface area contributed by atoms with Crippen molar-refractivity contribution < 1.29 is 14.5 Å². The molecule has 0 N–H and O–H groups in total. The lowest BCUT2D eigenvalue weighted by molar-refractivity contribution is -0.396. The molecule has 0 amide bonds. The Balaban J connectivity index is 3.24. The van der Waals surface area contributed by atoms with Crippen molar-refractivity contribution in [3.8, 4) is 0 Å². The Morgan fingerprint density at radius 3 is 2.79 bits per heavy atom. The van der Waals surface area contributed by atoms with E-state index in [0.717, 1.165) is 0 Å². The van der Waals surface area contributed by atoms with E-state index in [1.165, 1.54) is 18.7 Å². The van der Waals surface area contributed by atoms with Crippen molar-refractivity contribution >= 4 is 12.2 Å². The summed E-state index contributed by atoms with van der Waals surface area (Å²) in [6.07, 6.45) is 0.474. The number of carbonyl (C=O) groups is 1. The van der Waals surface area contributed by atoms with Gasteiger partial charge in [-0.2, -0.15) is 0 Å². The Labute approximate surface area is 79.5 Å². The van der Waals surface area contributed by atoms with Gasteiger partial charge in [-0.3, -0.25) is 4.79 Å². The van der Waals surface area contributed by atoms with Gasteiger partial charge in [0.25, 0.3) is 0 Å². The predicted octanol–water partition coefficient (Wildman–Crippen LogP) is 0.287. The fraction of sp³-hybridized carbons (Fsp3) is 0.429. The highest BCUT2D eigenvalue weighted by molar-refractivity contribution is 5.74. The summed E-state index contributed by atoms with van der Waals surface area (Å²) in [5.41, 5.74) is 0.440. The minimum atomic E-state index is -0.647. The van der Waals surface area contributed by atoms with E-state index in [4.69, 9.17) is 4.74 Å². The average molecular weight is 199 g/mol. The van der Waals surface area contributed by atoms with E-state index in [-0.39, 0.29) is 18.2 Å². The molecule has 1 heterocycles. The van der Waals surface area contributed by atoms with Gasteiger partial charge in [-0.05, 0) is 4.92 Å². The van der Waals surface area contributed by atoms with Crippen molar-refractivity contribution in [1.29, 1.82) is 0 Å². The van der Waals surface area contributed by atoms with Gasteiger partial charge in [0.05, 0.1) is 7.05 Å². The fourth-order valence-electron chi connectivity index (χ4n) is 1.10. The molecule has 7 heteroatoms. The van der Waals surface area contributed by atoms with E-state index < -0.39 is 4.92 Å². The number of aromatic nitrogens is 2. The van der Waals surface area contributed by atoms with E-state index in [1.807, 2.05) is 0 Å². The van der Waals surface area contributed by atoms with E-state index >= 15 is 0 Å². The molecule has 0 radical (unpaired) electrons. The van der Waals surface area contributed by atoms with Crippen LogP contribution in [-0.4, -0.2) is 27.9 Å². The number of methoxy groups -OCH3 is 1. The third kappa shape index (κ3) is 1.62. The van der Waals surface area contributed by atoms with Crippen molar-refractivity contribution in [3.63, 3.8) is 0 Å². The number of rotatable bonds is 4. The first-order valence-electron chi connectivity index (χ1n) is 3.76. The number of nitro groups is 1. The Kier molecular flexibility index (Phi) is 2.92. The molecule has 76 valence electrons. The Morgan fingerprint density at radius 1 is 1.71 bits per heavy atom. The number of ether oxygens (including phenoxy) is 1. The topological polar surface area (TPSA) is 87.3 Å². The van der Waals surface area contributed by atoms with E-state index in [2.05, 4.69) is 4.98 Å². The Bertz CT molecular complexity index is 371. The summed E-state index contributed by atoms with van der Waals surface area (Å²) < 4.78 is 6.03. The normalized spacial score (nSPS) is 10.1.